The zero-order valence-corrected chi connectivity index (χ0v) is 19.4. The van der Waals surface area contributed by atoms with Gasteiger partial charge in [0.2, 0.25) is 15.9 Å². The van der Waals surface area contributed by atoms with E-state index in [-0.39, 0.29) is 11.9 Å². The van der Waals surface area contributed by atoms with Crippen LogP contribution in [0.5, 0.6) is 0 Å². The van der Waals surface area contributed by atoms with Crippen molar-refractivity contribution in [1.82, 2.24) is 14.9 Å². The zero-order chi connectivity index (χ0) is 21.7. The molecule has 1 saturated carbocycles. The number of nitrogens with zero attached hydrogens (tertiary/aromatic N) is 1. The van der Waals surface area contributed by atoms with E-state index in [2.05, 4.69) is 35.7 Å². The molecule has 1 aromatic carbocycles. The monoisotopic (exact) mass is 435 g/mol. The number of rotatable bonds is 10. The molecular formula is C23H37N3O3S. The van der Waals surface area contributed by atoms with Crippen molar-refractivity contribution in [2.24, 2.45) is 11.8 Å². The molecule has 0 radical (unpaired) electrons. The van der Waals surface area contributed by atoms with E-state index in [1.807, 2.05) is 0 Å². The highest BCUT2D eigenvalue weighted by Gasteiger charge is 2.28. The molecule has 1 atom stereocenters. The topological polar surface area (TPSA) is 78.5 Å². The molecule has 168 valence electrons. The fourth-order valence-electron chi connectivity index (χ4n) is 4.04. The van der Waals surface area contributed by atoms with Gasteiger partial charge in [-0.3, -0.25) is 9.69 Å². The van der Waals surface area contributed by atoms with Gasteiger partial charge in [-0.05, 0) is 74.7 Å². The van der Waals surface area contributed by atoms with Gasteiger partial charge in [-0.15, -0.1) is 0 Å². The molecule has 30 heavy (non-hydrogen) atoms. The average molecular weight is 436 g/mol. The Bertz CT molecular complexity index is 795. The van der Waals surface area contributed by atoms with Gasteiger partial charge in [0.15, 0.2) is 0 Å². The number of hydrogen-bond acceptors (Lipinski definition) is 4. The second-order valence-electron chi connectivity index (χ2n) is 9.37. The number of benzene rings is 1. The molecule has 1 aliphatic carbocycles. The van der Waals surface area contributed by atoms with Crippen LogP contribution in [0.2, 0.25) is 0 Å². The van der Waals surface area contributed by atoms with E-state index in [9.17, 15) is 13.2 Å². The number of likely N-dealkylation sites (tertiary alicyclic amines) is 1. The van der Waals surface area contributed by atoms with Gasteiger partial charge in [-0.25, -0.2) is 13.1 Å². The van der Waals surface area contributed by atoms with Gasteiger partial charge in [0.25, 0.3) is 0 Å². The predicted molar refractivity (Wildman–Crippen MR) is 120 cm³/mol. The van der Waals surface area contributed by atoms with Crippen LogP contribution in [0, 0.1) is 11.8 Å². The zero-order valence-electron chi connectivity index (χ0n) is 18.6. The van der Waals surface area contributed by atoms with Crippen molar-refractivity contribution in [3.63, 3.8) is 0 Å². The molecule has 1 amide bonds. The predicted octanol–water partition coefficient (Wildman–Crippen LogP) is 2.93. The van der Waals surface area contributed by atoms with Crippen LogP contribution in [0.15, 0.2) is 29.2 Å². The maximum absolute atomic E-state index is 12.4. The molecule has 6 nitrogen and oxygen atoms in total. The van der Waals surface area contributed by atoms with E-state index in [4.69, 9.17) is 0 Å². The van der Waals surface area contributed by atoms with Crippen LogP contribution in [0.1, 0.15) is 58.4 Å². The van der Waals surface area contributed by atoms with Crippen molar-refractivity contribution in [3.8, 4) is 0 Å². The SMILES string of the molecule is CC1CCN(C(CNC(=O)CCc2ccc(S(=O)(=O)NC3CC3)cc2)C(C)C)CC1. The molecule has 1 aliphatic heterocycles. The molecule has 3 rings (SSSR count). The normalized spacial score (nSPS) is 19.7. The van der Waals surface area contributed by atoms with E-state index in [0.717, 1.165) is 37.4 Å². The van der Waals surface area contributed by atoms with Crippen LogP contribution >= 0.6 is 0 Å². The first-order valence-corrected chi connectivity index (χ1v) is 12.8. The maximum Gasteiger partial charge on any atom is 0.240 e. The molecule has 1 aromatic rings. The third-order valence-electron chi connectivity index (χ3n) is 6.34. The lowest BCUT2D eigenvalue weighted by Gasteiger charge is -2.38. The number of carbonyl (C=O) groups is 1. The van der Waals surface area contributed by atoms with E-state index in [1.165, 1.54) is 12.8 Å². The number of nitrogens with one attached hydrogen (secondary N) is 2. The molecule has 1 saturated heterocycles. The molecule has 0 bridgehead atoms. The summed E-state index contributed by atoms with van der Waals surface area (Å²) in [5.41, 5.74) is 0.973. The van der Waals surface area contributed by atoms with Gasteiger partial charge >= 0.3 is 0 Å². The number of carbonyl (C=O) groups excluding carboxylic acids is 1. The molecule has 1 unspecified atom stereocenters. The van der Waals surface area contributed by atoms with E-state index in [0.29, 0.717) is 36.2 Å². The molecule has 0 aromatic heterocycles. The van der Waals surface area contributed by atoms with Crippen LogP contribution < -0.4 is 10.0 Å². The van der Waals surface area contributed by atoms with Crippen LogP contribution in [0.4, 0.5) is 0 Å². The summed E-state index contributed by atoms with van der Waals surface area (Å²) in [6.07, 6.45) is 5.32. The van der Waals surface area contributed by atoms with Crippen molar-refractivity contribution < 1.29 is 13.2 Å². The summed E-state index contributed by atoms with van der Waals surface area (Å²) < 4.78 is 27.2. The minimum absolute atomic E-state index is 0.0538. The van der Waals surface area contributed by atoms with Crippen molar-refractivity contribution >= 4 is 15.9 Å². The van der Waals surface area contributed by atoms with E-state index in [1.54, 1.807) is 24.3 Å². The summed E-state index contributed by atoms with van der Waals surface area (Å²) in [5, 5.41) is 3.12. The molecular weight excluding hydrogens is 398 g/mol. The minimum Gasteiger partial charge on any atom is -0.355 e. The number of hydrogen-bond donors (Lipinski definition) is 2. The van der Waals surface area contributed by atoms with Gasteiger partial charge in [-0.1, -0.05) is 32.9 Å². The first-order chi connectivity index (χ1) is 14.2. The molecule has 2 fully saturated rings. The highest BCUT2D eigenvalue weighted by molar-refractivity contribution is 7.89. The van der Waals surface area contributed by atoms with E-state index < -0.39 is 10.0 Å². The minimum atomic E-state index is -3.42. The number of amides is 1. The van der Waals surface area contributed by atoms with Crippen LogP contribution in [-0.2, 0) is 21.2 Å². The smallest absolute Gasteiger partial charge is 0.240 e. The van der Waals surface area contributed by atoms with Gasteiger partial charge in [-0.2, -0.15) is 0 Å². The number of sulfonamides is 1. The summed E-state index contributed by atoms with van der Waals surface area (Å²) in [7, 11) is -3.42. The molecule has 2 aliphatic rings. The van der Waals surface area contributed by atoms with Crippen LogP contribution in [-0.4, -0.2) is 50.9 Å². The summed E-state index contributed by atoms with van der Waals surface area (Å²) in [5.74, 6) is 1.35. The van der Waals surface area contributed by atoms with Crippen molar-refractivity contribution in [2.75, 3.05) is 19.6 Å². The number of piperidine rings is 1. The first kappa shape index (κ1) is 23.2. The first-order valence-electron chi connectivity index (χ1n) is 11.4. The lowest BCUT2D eigenvalue weighted by molar-refractivity contribution is -0.121. The third kappa shape index (κ3) is 6.79. The Morgan fingerprint density at radius 2 is 1.73 bits per heavy atom. The summed E-state index contributed by atoms with van der Waals surface area (Å²) in [4.78, 5) is 15.2. The average Bonchev–Trinajstić information content (AvgIpc) is 3.51. The van der Waals surface area contributed by atoms with Crippen molar-refractivity contribution in [3.05, 3.63) is 29.8 Å². The molecule has 1 heterocycles. The Labute approximate surface area is 181 Å². The highest BCUT2D eigenvalue weighted by Crippen LogP contribution is 2.23. The lowest BCUT2D eigenvalue weighted by atomic mass is 9.94. The largest absolute Gasteiger partial charge is 0.355 e. The Hall–Kier alpha value is -1.44. The van der Waals surface area contributed by atoms with Crippen molar-refractivity contribution in [1.29, 1.82) is 0 Å². The second kappa shape index (κ2) is 10.2. The van der Waals surface area contributed by atoms with Gasteiger partial charge in [0.05, 0.1) is 4.90 Å². The van der Waals surface area contributed by atoms with Gasteiger partial charge in [0, 0.05) is 25.0 Å². The number of aryl methyl sites for hydroxylation is 1. The van der Waals surface area contributed by atoms with Crippen LogP contribution in [0.25, 0.3) is 0 Å². The quantitative estimate of drug-likeness (QED) is 0.592. The summed E-state index contributed by atoms with van der Waals surface area (Å²) >= 11 is 0. The lowest BCUT2D eigenvalue weighted by Crippen LogP contribution is -2.49. The highest BCUT2D eigenvalue weighted by atomic mass is 32.2. The summed E-state index contributed by atoms with van der Waals surface area (Å²) in [6, 6.07) is 7.35. The van der Waals surface area contributed by atoms with E-state index >= 15 is 0 Å². The maximum atomic E-state index is 12.4. The standard InChI is InChI=1S/C23H37N3O3S/c1-17(2)22(26-14-12-18(3)13-15-26)16-24-23(27)11-6-19-4-9-21(10-5-19)30(28,29)25-20-7-8-20/h4-5,9-10,17-18,20,22,25H,6-8,11-16H2,1-3H3,(H,24,27). The molecule has 2 N–H and O–H groups in total. The van der Waals surface area contributed by atoms with Gasteiger partial charge in [0.1, 0.15) is 0 Å². The Morgan fingerprint density at radius 1 is 1.10 bits per heavy atom. The van der Waals surface area contributed by atoms with Crippen LogP contribution in [0.3, 0.4) is 0 Å². The Balaban J connectivity index is 1.44. The Kier molecular flexibility index (Phi) is 7.93. The molecule has 7 heteroatoms. The fraction of sp³-hybridized carbons (Fsp3) is 0.696. The Morgan fingerprint density at radius 3 is 2.30 bits per heavy atom. The van der Waals surface area contributed by atoms with Crippen molar-refractivity contribution in [2.45, 2.75) is 76.3 Å². The molecule has 0 spiro atoms. The fourth-order valence-corrected chi connectivity index (χ4v) is 5.34. The second-order valence-corrected chi connectivity index (χ2v) is 11.1. The van der Waals surface area contributed by atoms with Gasteiger partial charge < -0.3 is 5.32 Å². The summed E-state index contributed by atoms with van der Waals surface area (Å²) in [6.45, 7) is 9.69. The third-order valence-corrected chi connectivity index (χ3v) is 7.88.